The maximum Gasteiger partial charge on any atom is 0.251 e. The summed E-state index contributed by atoms with van der Waals surface area (Å²) in [6, 6.07) is 0.947. The fourth-order valence-electron chi connectivity index (χ4n) is 1.65. The molecule has 1 saturated heterocycles. The van der Waals surface area contributed by atoms with Gasteiger partial charge in [0, 0.05) is 13.1 Å². The number of aryl methyl sites for hydroxylation is 1. The van der Waals surface area contributed by atoms with Gasteiger partial charge in [0.1, 0.15) is 22.8 Å². The van der Waals surface area contributed by atoms with Crippen LogP contribution in [0.25, 0.3) is 0 Å². The van der Waals surface area contributed by atoms with E-state index in [1.54, 1.807) is 6.92 Å². The Morgan fingerprint density at radius 2 is 2.18 bits per heavy atom. The van der Waals surface area contributed by atoms with Gasteiger partial charge in [-0.3, -0.25) is 14.5 Å². The Kier molecular flexibility index (Phi) is 2.97. The lowest BCUT2D eigenvalue weighted by atomic mass is 10.2. The number of likely N-dealkylation sites (tertiary alicyclic amines) is 1. The first-order valence-electron chi connectivity index (χ1n) is 5.05. The Bertz CT molecular complexity index is 471. The second kappa shape index (κ2) is 4.29. The number of hydrogen-bond donors (Lipinski definition) is 1. The smallest absolute Gasteiger partial charge is 0.251 e. The summed E-state index contributed by atoms with van der Waals surface area (Å²) in [6.07, 6.45) is 0.135. The first-order chi connectivity index (χ1) is 7.97. The molecule has 2 heterocycles. The van der Waals surface area contributed by atoms with Crippen molar-refractivity contribution in [1.29, 1.82) is 0 Å². The standard InChI is InChI=1S/C10H11ClN4O2/c1-5-12-7(11)4-8(13-5)14-6-3-9(16)15(2)10(6)17/h4,6H,3H2,1-2H3,(H,12,13,14). The van der Waals surface area contributed by atoms with Crippen molar-refractivity contribution in [2.24, 2.45) is 0 Å². The molecule has 2 rings (SSSR count). The zero-order chi connectivity index (χ0) is 12.6. The van der Waals surface area contributed by atoms with Crippen LogP contribution in [0.15, 0.2) is 6.07 Å². The van der Waals surface area contributed by atoms with Crippen molar-refractivity contribution in [3.8, 4) is 0 Å². The lowest BCUT2D eigenvalue weighted by Crippen LogP contribution is -2.32. The van der Waals surface area contributed by atoms with E-state index in [-0.39, 0.29) is 18.2 Å². The first-order valence-corrected chi connectivity index (χ1v) is 5.43. The van der Waals surface area contributed by atoms with E-state index < -0.39 is 6.04 Å². The van der Waals surface area contributed by atoms with E-state index in [9.17, 15) is 9.59 Å². The monoisotopic (exact) mass is 254 g/mol. The Morgan fingerprint density at radius 3 is 2.71 bits per heavy atom. The highest BCUT2D eigenvalue weighted by Crippen LogP contribution is 2.17. The van der Waals surface area contributed by atoms with Gasteiger partial charge < -0.3 is 5.32 Å². The van der Waals surface area contributed by atoms with Gasteiger partial charge in [-0.25, -0.2) is 9.97 Å². The molecule has 0 aromatic carbocycles. The van der Waals surface area contributed by atoms with E-state index in [2.05, 4.69) is 15.3 Å². The topological polar surface area (TPSA) is 75.2 Å². The van der Waals surface area contributed by atoms with Crippen molar-refractivity contribution in [2.45, 2.75) is 19.4 Å². The van der Waals surface area contributed by atoms with Crippen LogP contribution in [0.4, 0.5) is 5.82 Å². The Hall–Kier alpha value is -1.69. The Balaban J connectivity index is 2.16. The largest absolute Gasteiger partial charge is 0.358 e. The lowest BCUT2D eigenvalue weighted by molar-refractivity contribution is -0.136. The number of rotatable bonds is 2. The predicted molar refractivity (Wildman–Crippen MR) is 61.6 cm³/mol. The fourth-order valence-corrected chi connectivity index (χ4v) is 1.88. The number of imide groups is 1. The zero-order valence-electron chi connectivity index (χ0n) is 9.40. The van der Waals surface area contributed by atoms with Crippen LogP contribution in [-0.4, -0.2) is 39.8 Å². The molecule has 0 spiro atoms. The third-order valence-electron chi connectivity index (χ3n) is 2.51. The van der Waals surface area contributed by atoms with Crippen LogP contribution >= 0.6 is 11.6 Å². The fraction of sp³-hybridized carbons (Fsp3) is 0.400. The van der Waals surface area contributed by atoms with Crippen LogP contribution in [0.1, 0.15) is 12.2 Å². The quantitative estimate of drug-likeness (QED) is 0.618. The van der Waals surface area contributed by atoms with Crippen molar-refractivity contribution < 1.29 is 9.59 Å². The average molecular weight is 255 g/mol. The summed E-state index contributed by atoms with van der Waals surface area (Å²) in [4.78, 5) is 32.1. The van der Waals surface area contributed by atoms with Crippen molar-refractivity contribution >= 4 is 29.2 Å². The number of hydrogen-bond acceptors (Lipinski definition) is 5. The van der Waals surface area contributed by atoms with Crippen LogP contribution in [0.2, 0.25) is 5.15 Å². The van der Waals surface area contributed by atoms with Crippen molar-refractivity contribution in [3.05, 3.63) is 17.0 Å². The van der Waals surface area contributed by atoms with Gasteiger partial charge in [-0.1, -0.05) is 11.6 Å². The highest BCUT2D eigenvalue weighted by Gasteiger charge is 2.36. The van der Waals surface area contributed by atoms with Crippen molar-refractivity contribution in [2.75, 3.05) is 12.4 Å². The summed E-state index contributed by atoms with van der Waals surface area (Å²) in [7, 11) is 1.46. The molecule has 6 nitrogen and oxygen atoms in total. The molecule has 1 aliphatic heterocycles. The molecule has 0 radical (unpaired) electrons. The summed E-state index contributed by atoms with van der Waals surface area (Å²) < 4.78 is 0. The number of aromatic nitrogens is 2. The first kappa shape index (κ1) is 11.8. The molecule has 1 aliphatic rings. The molecule has 1 unspecified atom stereocenters. The summed E-state index contributed by atoms with van der Waals surface area (Å²) in [5, 5.41) is 3.18. The summed E-state index contributed by atoms with van der Waals surface area (Å²) >= 11 is 5.78. The molecule has 1 fully saturated rings. The number of carbonyl (C=O) groups is 2. The van der Waals surface area contributed by atoms with Gasteiger partial charge in [0.25, 0.3) is 5.91 Å². The molecule has 1 aromatic heterocycles. The molecule has 17 heavy (non-hydrogen) atoms. The molecule has 1 aromatic rings. The summed E-state index contributed by atoms with van der Waals surface area (Å²) in [5.41, 5.74) is 0. The molecule has 0 saturated carbocycles. The second-order valence-corrected chi connectivity index (χ2v) is 4.20. The van der Waals surface area contributed by atoms with Crippen LogP contribution < -0.4 is 5.32 Å². The Morgan fingerprint density at radius 1 is 1.47 bits per heavy atom. The van der Waals surface area contributed by atoms with E-state index in [1.165, 1.54) is 13.1 Å². The predicted octanol–water partition coefficient (Wildman–Crippen LogP) is 0.608. The van der Waals surface area contributed by atoms with E-state index >= 15 is 0 Å². The van der Waals surface area contributed by atoms with E-state index in [0.717, 1.165) is 4.90 Å². The molecule has 1 atom stereocenters. The third kappa shape index (κ3) is 2.36. The van der Waals surface area contributed by atoms with Gasteiger partial charge in [0.2, 0.25) is 5.91 Å². The molecule has 0 aliphatic carbocycles. The summed E-state index contributed by atoms with van der Waals surface area (Å²) in [6.45, 7) is 1.70. The van der Waals surface area contributed by atoms with Crippen LogP contribution in [0.5, 0.6) is 0 Å². The number of nitrogens with one attached hydrogen (secondary N) is 1. The van der Waals surface area contributed by atoms with E-state index in [0.29, 0.717) is 16.8 Å². The van der Waals surface area contributed by atoms with Gasteiger partial charge in [-0.15, -0.1) is 0 Å². The molecule has 7 heteroatoms. The van der Waals surface area contributed by atoms with Crippen LogP contribution in [0, 0.1) is 6.92 Å². The molecule has 2 amide bonds. The van der Waals surface area contributed by atoms with Crippen LogP contribution in [0.3, 0.4) is 0 Å². The van der Waals surface area contributed by atoms with Crippen molar-refractivity contribution in [3.63, 3.8) is 0 Å². The highest BCUT2D eigenvalue weighted by molar-refractivity contribution is 6.29. The van der Waals surface area contributed by atoms with Gasteiger partial charge in [0.05, 0.1) is 6.42 Å². The highest BCUT2D eigenvalue weighted by atomic mass is 35.5. The molecular formula is C10H11ClN4O2. The average Bonchev–Trinajstić information content (AvgIpc) is 2.45. The minimum absolute atomic E-state index is 0.135. The summed E-state index contributed by atoms with van der Waals surface area (Å²) in [5.74, 6) is 0.487. The van der Waals surface area contributed by atoms with E-state index in [1.807, 2.05) is 0 Å². The molecular weight excluding hydrogens is 244 g/mol. The minimum atomic E-state index is -0.571. The number of carbonyl (C=O) groups excluding carboxylic acids is 2. The number of halogens is 1. The zero-order valence-corrected chi connectivity index (χ0v) is 10.2. The number of anilines is 1. The molecule has 0 bridgehead atoms. The van der Waals surface area contributed by atoms with Crippen molar-refractivity contribution in [1.82, 2.24) is 14.9 Å². The maximum atomic E-state index is 11.7. The van der Waals surface area contributed by atoms with Gasteiger partial charge >= 0.3 is 0 Å². The maximum absolute atomic E-state index is 11.7. The lowest BCUT2D eigenvalue weighted by Gasteiger charge is -2.11. The second-order valence-electron chi connectivity index (χ2n) is 3.82. The van der Waals surface area contributed by atoms with Crippen LogP contribution in [-0.2, 0) is 9.59 Å². The van der Waals surface area contributed by atoms with E-state index in [4.69, 9.17) is 11.6 Å². The van der Waals surface area contributed by atoms with Gasteiger partial charge in [-0.05, 0) is 6.92 Å². The molecule has 1 N–H and O–H groups in total. The Labute approximate surface area is 103 Å². The minimum Gasteiger partial charge on any atom is -0.358 e. The van der Waals surface area contributed by atoms with Gasteiger partial charge in [0.15, 0.2) is 0 Å². The normalized spacial score (nSPS) is 19.9. The SMILES string of the molecule is Cc1nc(Cl)cc(NC2CC(=O)N(C)C2=O)n1. The molecule has 90 valence electrons. The number of likely N-dealkylation sites (N-methyl/N-ethyl adjacent to an activating group) is 1. The number of nitrogens with zero attached hydrogens (tertiary/aromatic N) is 3. The van der Waals surface area contributed by atoms with Gasteiger partial charge in [-0.2, -0.15) is 0 Å². The number of amides is 2. The third-order valence-corrected chi connectivity index (χ3v) is 2.70.